The average molecular weight is 285 g/mol. The molecule has 2 rings (SSSR count). The van der Waals surface area contributed by atoms with Crippen LogP contribution in [0.25, 0.3) is 0 Å². The fourth-order valence-electron chi connectivity index (χ4n) is 2.06. The molecule has 1 atom stereocenters. The number of aromatic nitrogens is 2. The molecule has 0 aliphatic rings. The quantitative estimate of drug-likeness (QED) is 0.838. The summed E-state index contributed by atoms with van der Waals surface area (Å²) >= 11 is 0. The van der Waals surface area contributed by atoms with E-state index in [1.54, 1.807) is 0 Å². The van der Waals surface area contributed by atoms with Crippen LogP contribution in [0.4, 0.5) is 5.82 Å². The number of benzene rings is 1. The van der Waals surface area contributed by atoms with Crippen LogP contribution in [0.2, 0.25) is 0 Å². The van der Waals surface area contributed by atoms with Crippen LogP contribution in [0.5, 0.6) is 0 Å². The third kappa shape index (κ3) is 4.83. The monoisotopic (exact) mass is 285 g/mol. The number of nitrogens with zero attached hydrogens (tertiary/aromatic N) is 2. The van der Waals surface area contributed by atoms with E-state index in [9.17, 15) is 0 Å². The molecule has 4 heteroatoms. The van der Waals surface area contributed by atoms with Gasteiger partial charge in [-0.05, 0) is 25.8 Å². The molecule has 0 bridgehead atoms. The van der Waals surface area contributed by atoms with E-state index in [0.717, 1.165) is 35.9 Å². The van der Waals surface area contributed by atoms with Crippen LogP contribution < -0.4 is 5.32 Å². The van der Waals surface area contributed by atoms with Gasteiger partial charge in [-0.15, -0.1) is 0 Å². The Bertz CT molecular complexity index is 557. The van der Waals surface area contributed by atoms with Gasteiger partial charge in [-0.3, -0.25) is 0 Å². The molecule has 0 spiro atoms. The van der Waals surface area contributed by atoms with Gasteiger partial charge in [0.25, 0.3) is 0 Å². The van der Waals surface area contributed by atoms with Crippen LogP contribution in [-0.2, 0) is 11.3 Å². The van der Waals surface area contributed by atoms with Gasteiger partial charge in [0.1, 0.15) is 12.4 Å². The van der Waals surface area contributed by atoms with E-state index >= 15 is 0 Å². The molecule has 1 N–H and O–H groups in total. The van der Waals surface area contributed by atoms with Gasteiger partial charge < -0.3 is 10.1 Å². The highest BCUT2D eigenvalue weighted by Gasteiger charge is 2.08. The second kappa shape index (κ2) is 7.74. The Morgan fingerprint density at radius 2 is 1.95 bits per heavy atom. The lowest BCUT2D eigenvalue weighted by molar-refractivity contribution is 0.0483. The molecular weight excluding hydrogens is 262 g/mol. The van der Waals surface area contributed by atoms with Gasteiger partial charge in [0.15, 0.2) is 5.82 Å². The van der Waals surface area contributed by atoms with Crippen molar-refractivity contribution in [2.45, 2.75) is 39.9 Å². The lowest BCUT2D eigenvalue weighted by Crippen LogP contribution is -2.08. The van der Waals surface area contributed by atoms with Gasteiger partial charge in [-0.25, -0.2) is 9.97 Å². The number of aryl methyl sites for hydroxylation is 1. The molecule has 1 heterocycles. The molecule has 0 fully saturated rings. The third-order valence-electron chi connectivity index (χ3n) is 3.19. The summed E-state index contributed by atoms with van der Waals surface area (Å²) < 4.78 is 5.88. The number of hydrogen-bond donors (Lipinski definition) is 1. The minimum absolute atomic E-state index is 0.0300. The van der Waals surface area contributed by atoms with E-state index in [4.69, 9.17) is 4.74 Å². The third-order valence-corrected chi connectivity index (χ3v) is 3.19. The molecule has 4 nitrogen and oxygen atoms in total. The van der Waals surface area contributed by atoms with Crippen molar-refractivity contribution in [2.75, 3.05) is 11.9 Å². The summed E-state index contributed by atoms with van der Waals surface area (Å²) in [4.78, 5) is 8.92. The average Bonchev–Trinajstić information content (AvgIpc) is 2.51. The first-order valence-corrected chi connectivity index (χ1v) is 7.44. The summed E-state index contributed by atoms with van der Waals surface area (Å²) in [6.07, 6.45) is 1.10. The van der Waals surface area contributed by atoms with Crippen molar-refractivity contribution in [1.82, 2.24) is 9.97 Å². The molecule has 0 aliphatic heterocycles. The van der Waals surface area contributed by atoms with Gasteiger partial charge in [-0.2, -0.15) is 0 Å². The molecule has 0 aliphatic carbocycles. The van der Waals surface area contributed by atoms with E-state index < -0.39 is 0 Å². The summed E-state index contributed by atoms with van der Waals surface area (Å²) in [5, 5.41) is 3.29. The summed E-state index contributed by atoms with van der Waals surface area (Å²) in [7, 11) is 0. The molecule has 0 saturated carbocycles. The highest BCUT2D eigenvalue weighted by Crippen LogP contribution is 2.17. The molecule has 2 aromatic rings. The topological polar surface area (TPSA) is 47.0 Å². The van der Waals surface area contributed by atoms with Crippen molar-refractivity contribution in [3.05, 3.63) is 53.5 Å². The summed E-state index contributed by atoms with van der Waals surface area (Å²) in [5.41, 5.74) is 2.11. The number of hydrogen-bond acceptors (Lipinski definition) is 4. The molecule has 0 amide bonds. The fraction of sp³-hybridized carbons (Fsp3) is 0.412. The first-order valence-electron chi connectivity index (χ1n) is 7.44. The normalized spacial score (nSPS) is 12.1. The van der Waals surface area contributed by atoms with E-state index in [2.05, 4.69) is 34.3 Å². The maximum absolute atomic E-state index is 5.88. The van der Waals surface area contributed by atoms with E-state index in [1.807, 2.05) is 38.1 Å². The smallest absolute Gasteiger partial charge is 0.156 e. The van der Waals surface area contributed by atoms with Gasteiger partial charge in [-0.1, -0.05) is 37.3 Å². The van der Waals surface area contributed by atoms with Crippen molar-refractivity contribution in [3.8, 4) is 0 Å². The zero-order chi connectivity index (χ0) is 15.1. The summed E-state index contributed by atoms with van der Waals surface area (Å²) in [6.45, 7) is 7.48. The van der Waals surface area contributed by atoms with Crippen LogP contribution in [0.3, 0.4) is 0 Å². The van der Waals surface area contributed by atoms with Crippen LogP contribution in [-0.4, -0.2) is 16.5 Å². The zero-order valence-corrected chi connectivity index (χ0v) is 13.0. The highest BCUT2D eigenvalue weighted by molar-refractivity contribution is 5.35. The zero-order valence-electron chi connectivity index (χ0n) is 13.0. The van der Waals surface area contributed by atoms with Gasteiger partial charge in [0.05, 0.1) is 6.10 Å². The summed E-state index contributed by atoms with van der Waals surface area (Å²) in [5.74, 6) is 1.59. The van der Waals surface area contributed by atoms with Crippen LogP contribution in [0.1, 0.15) is 43.5 Å². The Kier molecular flexibility index (Phi) is 5.69. The number of rotatable bonds is 7. The van der Waals surface area contributed by atoms with Crippen molar-refractivity contribution < 1.29 is 4.74 Å². The Hall–Kier alpha value is -1.94. The number of anilines is 1. The predicted octanol–water partition coefficient (Wildman–Crippen LogP) is 3.88. The second-order valence-corrected chi connectivity index (χ2v) is 5.10. The summed E-state index contributed by atoms with van der Waals surface area (Å²) in [6, 6.07) is 12.1. The molecule has 1 aromatic heterocycles. The SMILES string of the molecule is CCCNc1cc(C)nc(COC(C)c2ccccc2)n1. The lowest BCUT2D eigenvalue weighted by atomic mass is 10.1. The van der Waals surface area contributed by atoms with Crippen molar-refractivity contribution in [2.24, 2.45) is 0 Å². The molecule has 1 unspecified atom stereocenters. The molecule has 21 heavy (non-hydrogen) atoms. The van der Waals surface area contributed by atoms with Crippen molar-refractivity contribution in [1.29, 1.82) is 0 Å². The molecule has 112 valence electrons. The molecule has 0 saturated heterocycles. The van der Waals surface area contributed by atoms with Crippen LogP contribution >= 0.6 is 0 Å². The molecule has 1 aromatic carbocycles. The van der Waals surface area contributed by atoms with E-state index in [-0.39, 0.29) is 6.10 Å². The minimum atomic E-state index is 0.0300. The number of nitrogens with one attached hydrogen (secondary N) is 1. The maximum atomic E-state index is 5.88. The lowest BCUT2D eigenvalue weighted by Gasteiger charge is -2.13. The highest BCUT2D eigenvalue weighted by atomic mass is 16.5. The van der Waals surface area contributed by atoms with Crippen molar-refractivity contribution in [3.63, 3.8) is 0 Å². The molecule has 0 radical (unpaired) electrons. The fourth-order valence-corrected chi connectivity index (χ4v) is 2.06. The van der Waals surface area contributed by atoms with E-state index in [1.165, 1.54) is 0 Å². The first-order chi connectivity index (χ1) is 10.2. The Balaban J connectivity index is 1.97. The largest absolute Gasteiger partial charge is 0.370 e. The van der Waals surface area contributed by atoms with Crippen LogP contribution in [0, 0.1) is 6.92 Å². The Labute approximate surface area is 126 Å². The van der Waals surface area contributed by atoms with Gasteiger partial charge in [0, 0.05) is 18.3 Å². The first kappa shape index (κ1) is 15.4. The predicted molar refractivity (Wildman–Crippen MR) is 85.2 cm³/mol. The van der Waals surface area contributed by atoms with Crippen molar-refractivity contribution >= 4 is 5.82 Å². The maximum Gasteiger partial charge on any atom is 0.156 e. The second-order valence-electron chi connectivity index (χ2n) is 5.10. The van der Waals surface area contributed by atoms with Gasteiger partial charge >= 0.3 is 0 Å². The minimum Gasteiger partial charge on any atom is -0.370 e. The Morgan fingerprint density at radius 1 is 1.19 bits per heavy atom. The number of ether oxygens (including phenoxy) is 1. The van der Waals surface area contributed by atoms with Gasteiger partial charge in [0.2, 0.25) is 0 Å². The standard InChI is InChI=1S/C17H23N3O/c1-4-10-18-16-11-13(2)19-17(20-16)12-21-14(3)15-8-6-5-7-9-15/h5-9,11,14H,4,10,12H2,1-3H3,(H,18,19,20). The molecular formula is C17H23N3O. The Morgan fingerprint density at radius 3 is 2.67 bits per heavy atom. The van der Waals surface area contributed by atoms with E-state index in [0.29, 0.717) is 6.61 Å². The van der Waals surface area contributed by atoms with Crippen LogP contribution in [0.15, 0.2) is 36.4 Å².